The van der Waals surface area contributed by atoms with Gasteiger partial charge in [0.15, 0.2) is 11.6 Å². The molecule has 1 aliphatic rings. The number of nitrogens with one attached hydrogen (secondary N) is 1. The molecule has 0 aromatic carbocycles. The number of amides is 1. The molecule has 0 atom stereocenters. The molecular formula is C12H16FN3O2S. The Morgan fingerprint density at radius 2 is 2.21 bits per heavy atom. The van der Waals surface area contributed by atoms with Crippen molar-refractivity contribution in [1.29, 1.82) is 0 Å². The zero-order chi connectivity index (χ0) is 13.8. The van der Waals surface area contributed by atoms with Crippen LogP contribution in [0.5, 0.6) is 0 Å². The van der Waals surface area contributed by atoms with Crippen molar-refractivity contribution in [2.24, 2.45) is 0 Å². The number of carbonyl (C=O) groups excluding carboxylic acids is 1. The van der Waals surface area contributed by atoms with Gasteiger partial charge >= 0.3 is 0 Å². The number of pyridine rings is 1. The van der Waals surface area contributed by atoms with E-state index in [1.165, 1.54) is 17.2 Å². The molecule has 7 heteroatoms. The summed E-state index contributed by atoms with van der Waals surface area (Å²) < 4.78 is 25.4. The van der Waals surface area contributed by atoms with Crippen LogP contribution in [0.15, 0.2) is 12.3 Å². The first-order valence-corrected chi connectivity index (χ1v) is 7.65. The van der Waals surface area contributed by atoms with E-state index in [2.05, 4.69) is 10.3 Å². The predicted octanol–water partition coefficient (Wildman–Crippen LogP) is 0.857. The van der Waals surface area contributed by atoms with Crippen LogP contribution in [0.4, 0.5) is 10.2 Å². The number of hydrogen-bond donors (Lipinski definition) is 1. The Hall–Kier alpha value is -1.50. The second-order valence-electron chi connectivity index (χ2n) is 4.19. The lowest BCUT2D eigenvalue weighted by molar-refractivity contribution is 0.0766. The molecule has 1 saturated heterocycles. The fourth-order valence-corrected chi connectivity index (χ4v) is 2.96. The fraction of sp³-hybridized carbons (Fsp3) is 0.500. The predicted molar refractivity (Wildman–Crippen MR) is 72.1 cm³/mol. The Morgan fingerprint density at radius 3 is 2.84 bits per heavy atom. The third-order valence-electron chi connectivity index (χ3n) is 2.93. The van der Waals surface area contributed by atoms with Crippen molar-refractivity contribution < 1.29 is 13.4 Å². The van der Waals surface area contributed by atoms with Crippen molar-refractivity contribution in [2.45, 2.75) is 6.92 Å². The summed E-state index contributed by atoms with van der Waals surface area (Å²) >= 11 is 0. The molecule has 2 rings (SSSR count). The van der Waals surface area contributed by atoms with Gasteiger partial charge in [-0.25, -0.2) is 9.37 Å². The lowest BCUT2D eigenvalue weighted by Crippen LogP contribution is -2.42. The van der Waals surface area contributed by atoms with Gasteiger partial charge in [-0.05, 0) is 13.0 Å². The molecule has 1 fully saturated rings. The first-order valence-electron chi connectivity index (χ1n) is 6.16. The zero-order valence-corrected chi connectivity index (χ0v) is 11.5. The summed E-state index contributed by atoms with van der Waals surface area (Å²) in [4.78, 5) is 17.6. The van der Waals surface area contributed by atoms with E-state index in [1.54, 1.807) is 0 Å². The van der Waals surface area contributed by atoms with Crippen LogP contribution in [0, 0.1) is 5.82 Å². The maximum Gasteiger partial charge on any atom is 0.257 e. The highest BCUT2D eigenvalue weighted by Gasteiger charge is 2.24. The highest BCUT2D eigenvalue weighted by Crippen LogP contribution is 2.17. The third kappa shape index (κ3) is 3.09. The van der Waals surface area contributed by atoms with Crippen molar-refractivity contribution in [3.8, 4) is 0 Å². The molecule has 0 unspecified atom stereocenters. The third-order valence-corrected chi connectivity index (χ3v) is 4.20. The molecule has 0 bridgehead atoms. The number of carbonyl (C=O) groups is 1. The Kier molecular flexibility index (Phi) is 4.47. The first-order chi connectivity index (χ1) is 9.13. The Balaban J connectivity index is 2.19. The summed E-state index contributed by atoms with van der Waals surface area (Å²) in [5.41, 5.74) is 0.0126. The summed E-state index contributed by atoms with van der Waals surface area (Å²) in [6.45, 7) is 3.17. The van der Waals surface area contributed by atoms with Crippen LogP contribution < -0.4 is 5.32 Å². The van der Waals surface area contributed by atoms with E-state index in [0.717, 1.165) is 0 Å². The minimum Gasteiger partial charge on any atom is -0.368 e. The van der Waals surface area contributed by atoms with Crippen molar-refractivity contribution in [1.82, 2.24) is 9.88 Å². The Labute approximate surface area is 113 Å². The van der Waals surface area contributed by atoms with Crippen LogP contribution in [0.25, 0.3) is 0 Å². The first kappa shape index (κ1) is 13.9. The molecular weight excluding hydrogens is 269 g/mol. The molecule has 1 aromatic rings. The van der Waals surface area contributed by atoms with E-state index in [0.29, 0.717) is 31.1 Å². The van der Waals surface area contributed by atoms with Gasteiger partial charge in [-0.15, -0.1) is 0 Å². The average molecular weight is 285 g/mol. The number of nitrogens with zero attached hydrogens (tertiary/aromatic N) is 2. The molecule has 19 heavy (non-hydrogen) atoms. The van der Waals surface area contributed by atoms with Gasteiger partial charge < -0.3 is 10.2 Å². The van der Waals surface area contributed by atoms with Crippen molar-refractivity contribution in [2.75, 3.05) is 36.5 Å². The lowest BCUT2D eigenvalue weighted by Gasteiger charge is -2.26. The van der Waals surface area contributed by atoms with Crippen molar-refractivity contribution >= 4 is 22.5 Å². The Bertz CT molecular complexity index is 500. The number of aromatic nitrogens is 1. The largest absolute Gasteiger partial charge is 0.368 e. The molecule has 1 N–H and O–H groups in total. The minimum absolute atomic E-state index is 0.0126. The minimum atomic E-state index is -0.859. The molecule has 0 spiro atoms. The van der Waals surface area contributed by atoms with Gasteiger partial charge in [-0.1, -0.05) is 0 Å². The maximum atomic E-state index is 14.1. The fourth-order valence-electron chi connectivity index (χ4n) is 1.91. The molecule has 0 aliphatic carbocycles. The van der Waals surface area contributed by atoms with Crippen LogP contribution in [-0.4, -0.2) is 51.1 Å². The molecule has 2 heterocycles. The highest BCUT2D eigenvalue weighted by molar-refractivity contribution is 7.85. The topological polar surface area (TPSA) is 62.3 Å². The summed E-state index contributed by atoms with van der Waals surface area (Å²) in [6.07, 6.45) is 1.41. The number of hydrogen-bond acceptors (Lipinski definition) is 4. The second-order valence-corrected chi connectivity index (χ2v) is 5.89. The van der Waals surface area contributed by atoms with Gasteiger partial charge in [0, 0.05) is 48.1 Å². The maximum absolute atomic E-state index is 14.1. The van der Waals surface area contributed by atoms with E-state index in [9.17, 15) is 13.4 Å². The second kappa shape index (κ2) is 6.10. The molecule has 0 radical (unpaired) electrons. The van der Waals surface area contributed by atoms with Crippen LogP contribution in [-0.2, 0) is 10.8 Å². The summed E-state index contributed by atoms with van der Waals surface area (Å²) in [5.74, 6) is 0.0162. The normalized spacial score (nSPS) is 16.4. The molecule has 104 valence electrons. The highest BCUT2D eigenvalue weighted by atomic mass is 32.2. The smallest absolute Gasteiger partial charge is 0.257 e. The van der Waals surface area contributed by atoms with E-state index in [4.69, 9.17) is 0 Å². The van der Waals surface area contributed by atoms with E-state index < -0.39 is 16.6 Å². The van der Waals surface area contributed by atoms with Crippen LogP contribution in [0.1, 0.15) is 17.3 Å². The molecule has 1 aromatic heterocycles. The zero-order valence-electron chi connectivity index (χ0n) is 10.7. The lowest BCUT2D eigenvalue weighted by atomic mass is 10.2. The quantitative estimate of drug-likeness (QED) is 0.894. The van der Waals surface area contributed by atoms with Gasteiger partial charge in [-0.3, -0.25) is 9.00 Å². The van der Waals surface area contributed by atoms with Gasteiger partial charge in [0.1, 0.15) is 0 Å². The van der Waals surface area contributed by atoms with Crippen LogP contribution in [0.2, 0.25) is 0 Å². The SMILES string of the molecule is CCNc1nccc(C(=O)N2CCS(=O)CC2)c1F. The van der Waals surface area contributed by atoms with E-state index in [1.807, 2.05) is 6.92 Å². The van der Waals surface area contributed by atoms with Crippen molar-refractivity contribution in [3.05, 3.63) is 23.6 Å². The summed E-state index contributed by atoms with van der Waals surface area (Å²) in [6, 6.07) is 1.38. The van der Waals surface area contributed by atoms with Gasteiger partial charge in [0.25, 0.3) is 5.91 Å². The molecule has 1 aliphatic heterocycles. The number of rotatable bonds is 3. The van der Waals surface area contributed by atoms with E-state index in [-0.39, 0.29) is 17.3 Å². The van der Waals surface area contributed by atoms with Crippen molar-refractivity contribution in [3.63, 3.8) is 0 Å². The number of anilines is 1. The molecule has 1 amide bonds. The molecule has 0 saturated carbocycles. The average Bonchev–Trinajstić information content (AvgIpc) is 2.41. The van der Waals surface area contributed by atoms with Gasteiger partial charge in [-0.2, -0.15) is 0 Å². The number of halogens is 1. The summed E-state index contributed by atoms with van der Waals surface area (Å²) in [5, 5.41) is 2.78. The monoisotopic (exact) mass is 285 g/mol. The van der Waals surface area contributed by atoms with Crippen LogP contribution in [0.3, 0.4) is 0 Å². The van der Waals surface area contributed by atoms with Crippen LogP contribution >= 0.6 is 0 Å². The standard InChI is InChI=1S/C12H16FN3O2S/c1-2-14-11-10(13)9(3-4-15-11)12(17)16-5-7-19(18)8-6-16/h3-4H,2,5-8H2,1H3,(H,14,15). The Morgan fingerprint density at radius 1 is 1.53 bits per heavy atom. The van der Waals surface area contributed by atoms with E-state index >= 15 is 0 Å². The summed E-state index contributed by atoms with van der Waals surface area (Å²) in [7, 11) is -0.859. The van der Waals surface area contributed by atoms with Gasteiger partial charge in [0.2, 0.25) is 0 Å². The molecule has 5 nitrogen and oxygen atoms in total. The van der Waals surface area contributed by atoms with Gasteiger partial charge in [0.05, 0.1) is 5.56 Å².